The van der Waals surface area contributed by atoms with Crippen LogP contribution in [0.3, 0.4) is 0 Å². The van der Waals surface area contributed by atoms with E-state index in [2.05, 4.69) is 103 Å². The van der Waals surface area contributed by atoms with Crippen LogP contribution in [0.5, 0.6) is 0 Å². The second-order valence-electron chi connectivity index (χ2n) is 11.7. The minimum Gasteiger partial charge on any atom is -1.00 e. The van der Waals surface area contributed by atoms with Crippen molar-refractivity contribution in [2.45, 2.75) is 25.4 Å². The standard InChI is InChI=1S/C20H18O3.C17H12O.C3H7ClO2.Cs.FH/c21-10-17(22)12-23-11-16-7-6-15-5-4-13-2-1-3-14-8-9-18(16)20(15)19(13)14;18-10-14-7-6-13-5-4-11-2-1-3-12-8-9-15(14)17(13)16(11)12;4-1-3(6)2-5;;/h1-9,17,21-22H,10-12H2;1-9,18H,10H2;3,5-6H,1-2H2;;1H/q;;;+1;/p-1. The molecule has 5 N–H and O–H groups in total. The third-order valence-electron chi connectivity index (χ3n) is 8.58. The van der Waals surface area contributed by atoms with E-state index in [-0.39, 0.29) is 106 Å². The van der Waals surface area contributed by atoms with Crippen LogP contribution in [-0.4, -0.2) is 63.4 Å². The summed E-state index contributed by atoms with van der Waals surface area (Å²) in [6, 6.07) is 38.3. The van der Waals surface area contributed by atoms with Crippen molar-refractivity contribution in [3.05, 3.63) is 120 Å². The van der Waals surface area contributed by atoms with Crippen LogP contribution in [0.15, 0.2) is 109 Å². The van der Waals surface area contributed by atoms with E-state index in [1.54, 1.807) is 0 Å². The minimum atomic E-state index is -0.824. The number of aliphatic hydroxyl groups is 5. The first-order valence-corrected chi connectivity index (χ1v) is 16.1. The molecule has 0 amide bonds. The molecular weight excluding hydrogens is 764 g/mol. The summed E-state index contributed by atoms with van der Waals surface area (Å²) in [6.45, 7) is 0.125. The van der Waals surface area contributed by atoms with Gasteiger partial charge in [0.1, 0.15) is 6.10 Å². The van der Waals surface area contributed by atoms with Crippen LogP contribution < -0.4 is 73.6 Å². The maximum absolute atomic E-state index is 9.47. The third-order valence-corrected chi connectivity index (χ3v) is 8.93. The number of benzene rings is 8. The molecule has 49 heavy (non-hydrogen) atoms. The average molecular weight is 801 g/mol. The van der Waals surface area contributed by atoms with Gasteiger partial charge >= 0.3 is 68.9 Å². The molecule has 8 aromatic carbocycles. The number of hydrogen-bond donors (Lipinski definition) is 5. The van der Waals surface area contributed by atoms with Crippen molar-refractivity contribution in [3.8, 4) is 0 Å². The molecule has 0 heterocycles. The van der Waals surface area contributed by atoms with E-state index >= 15 is 0 Å². The molecule has 0 aliphatic rings. The number of aliphatic hydroxyl groups excluding tert-OH is 5. The van der Waals surface area contributed by atoms with Crippen molar-refractivity contribution >= 4 is 76.2 Å². The SMILES string of the molecule is OCC(O)CCl.OCC(O)COCc1ccc2ccc3cccc4ccc1c2c34.OCc1ccc2ccc3cccc4ccc1c2c34.[Cs+].[F-]. The second kappa shape index (κ2) is 18.4. The maximum Gasteiger partial charge on any atom is 1.00 e. The summed E-state index contributed by atoms with van der Waals surface area (Å²) in [7, 11) is 0. The molecule has 8 rings (SSSR count). The number of halogens is 2. The first-order chi connectivity index (χ1) is 23.0. The van der Waals surface area contributed by atoms with E-state index in [1.807, 2.05) is 6.07 Å². The second-order valence-corrected chi connectivity index (χ2v) is 12.0. The fraction of sp³-hybridized carbons (Fsp3) is 0.200. The van der Waals surface area contributed by atoms with Gasteiger partial charge < -0.3 is 35.0 Å². The summed E-state index contributed by atoms with van der Waals surface area (Å²) in [4.78, 5) is 0. The summed E-state index contributed by atoms with van der Waals surface area (Å²) in [5.41, 5.74) is 2.10. The predicted octanol–water partition coefficient (Wildman–Crippen LogP) is 1.12. The van der Waals surface area contributed by atoms with Crippen molar-refractivity contribution < 1.29 is 104 Å². The molecule has 0 bridgehead atoms. The van der Waals surface area contributed by atoms with E-state index in [4.69, 9.17) is 31.7 Å². The number of ether oxygens (including phenoxy) is 1. The average Bonchev–Trinajstić information content (AvgIpc) is 3.13. The van der Waals surface area contributed by atoms with Crippen LogP contribution in [0.1, 0.15) is 11.1 Å². The molecule has 0 saturated carbocycles. The van der Waals surface area contributed by atoms with Crippen LogP contribution in [0, 0.1) is 0 Å². The van der Waals surface area contributed by atoms with Gasteiger partial charge in [0.2, 0.25) is 0 Å². The molecule has 0 spiro atoms. The summed E-state index contributed by atoms with van der Waals surface area (Å²) in [5, 5.41) is 59.0. The molecule has 2 unspecified atom stereocenters. The van der Waals surface area contributed by atoms with Gasteiger partial charge in [-0.25, -0.2) is 0 Å². The predicted molar refractivity (Wildman–Crippen MR) is 193 cm³/mol. The molecule has 0 fully saturated rings. The Labute approximate surface area is 347 Å². The van der Waals surface area contributed by atoms with Gasteiger partial charge in [-0.2, -0.15) is 0 Å². The van der Waals surface area contributed by atoms with Gasteiger partial charge in [0.15, 0.2) is 0 Å². The van der Waals surface area contributed by atoms with Crippen LogP contribution in [0.2, 0.25) is 0 Å². The largest absolute Gasteiger partial charge is 1.00 e. The fourth-order valence-electron chi connectivity index (χ4n) is 6.26. The van der Waals surface area contributed by atoms with E-state index in [0.29, 0.717) is 6.61 Å². The van der Waals surface area contributed by atoms with Crippen molar-refractivity contribution in [2.75, 3.05) is 25.7 Å². The first-order valence-electron chi connectivity index (χ1n) is 15.6. The summed E-state index contributed by atoms with van der Waals surface area (Å²) in [6.07, 6.45) is -1.57. The molecular formula is C40H37ClCsFO6. The monoisotopic (exact) mass is 800 g/mol. The molecule has 6 nitrogen and oxygen atoms in total. The normalized spacial score (nSPS) is 12.4. The molecule has 0 aliphatic heterocycles. The Morgan fingerprint density at radius 1 is 0.510 bits per heavy atom. The molecule has 9 heteroatoms. The van der Waals surface area contributed by atoms with Crippen molar-refractivity contribution in [1.82, 2.24) is 0 Å². The van der Waals surface area contributed by atoms with Crippen LogP contribution >= 0.6 is 11.6 Å². The van der Waals surface area contributed by atoms with Gasteiger partial charge in [0.05, 0.1) is 45.0 Å². The molecule has 0 aromatic heterocycles. The summed E-state index contributed by atoms with van der Waals surface area (Å²) >= 11 is 5.04. The van der Waals surface area contributed by atoms with Crippen LogP contribution in [-0.2, 0) is 18.0 Å². The van der Waals surface area contributed by atoms with E-state index in [9.17, 15) is 10.2 Å². The fourth-order valence-corrected chi connectivity index (χ4v) is 6.36. The first kappa shape index (κ1) is 39.7. The van der Waals surface area contributed by atoms with Crippen molar-refractivity contribution in [3.63, 3.8) is 0 Å². The molecule has 0 aliphatic carbocycles. The zero-order valence-corrected chi connectivity index (χ0v) is 34.2. The Morgan fingerprint density at radius 3 is 1.31 bits per heavy atom. The topological polar surface area (TPSA) is 110 Å². The Balaban J connectivity index is 0.000000187. The van der Waals surface area contributed by atoms with E-state index < -0.39 is 12.2 Å². The summed E-state index contributed by atoms with van der Waals surface area (Å²) in [5.74, 6) is 0.108. The van der Waals surface area contributed by atoms with Crippen molar-refractivity contribution in [2.24, 2.45) is 0 Å². The Hall–Kier alpha value is -2.13. The molecule has 0 saturated heterocycles. The van der Waals surface area contributed by atoms with Crippen LogP contribution in [0.4, 0.5) is 0 Å². The van der Waals surface area contributed by atoms with Gasteiger partial charge in [0, 0.05) is 0 Å². The molecule has 248 valence electrons. The van der Waals surface area contributed by atoms with Gasteiger partial charge in [-0.1, -0.05) is 109 Å². The number of alkyl halides is 1. The number of rotatable bonds is 8. The summed E-state index contributed by atoms with van der Waals surface area (Å²) < 4.78 is 5.55. The van der Waals surface area contributed by atoms with Crippen LogP contribution in [0.25, 0.3) is 64.6 Å². The van der Waals surface area contributed by atoms with E-state index in [1.165, 1.54) is 64.6 Å². The van der Waals surface area contributed by atoms with Gasteiger partial charge in [-0.3, -0.25) is 0 Å². The van der Waals surface area contributed by atoms with Gasteiger partial charge in [-0.15, -0.1) is 11.6 Å². The zero-order chi connectivity index (χ0) is 32.9. The molecule has 0 radical (unpaired) electrons. The Morgan fingerprint density at radius 2 is 0.898 bits per heavy atom. The molecule has 8 aromatic rings. The van der Waals surface area contributed by atoms with E-state index in [0.717, 1.165) is 11.1 Å². The Bertz CT molecular complexity index is 2210. The van der Waals surface area contributed by atoms with Gasteiger partial charge in [0.25, 0.3) is 0 Å². The maximum atomic E-state index is 9.47. The van der Waals surface area contributed by atoms with Crippen molar-refractivity contribution in [1.29, 1.82) is 0 Å². The van der Waals surface area contributed by atoms with Gasteiger partial charge in [-0.05, 0) is 75.8 Å². The minimum absolute atomic E-state index is 0. The Kier molecular flexibility index (Phi) is 14.9. The molecule has 2 atom stereocenters. The third kappa shape index (κ3) is 8.51. The smallest absolute Gasteiger partial charge is 1.00 e. The quantitative estimate of drug-likeness (QED) is 0.117. The zero-order valence-electron chi connectivity index (χ0n) is 27.2. The number of hydrogen-bond acceptors (Lipinski definition) is 6.